The summed E-state index contributed by atoms with van der Waals surface area (Å²) in [4.78, 5) is 22.7. The Balaban J connectivity index is 1.36. The number of ether oxygens (including phenoxy) is 1. The molecule has 6 nitrogen and oxygen atoms in total. The zero-order valence-electron chi connectivity index (χ0n) is 22.2. The van der Waals surface area contributed by atoms with Gasteiger partial charge in [0.05, 0.1) is 31.3 Å². The highest BCUT2D eigenvalue weighted by Gasteiger charge is 2.40. The van der Waals surface area contributed by atoms with E-state index in [4.69, 9.17) is 10.00 Å². The highest BCUT2D eigenvalue weighted by Crippen LogP contribution is 2.46. The maximum Gasteiger partial charge on any atom is 0.195 e. The van der Waals surface area contributed by atoms with Crippen LogP contribution in [0.2, 0.25) is 0 Å². The van der Waals surface area contributed by atoms with Crippen molar-refractivity contribution < 1.29 is 9.53 Å². The Kier molecular flexibility index (Phi) is 6.09. The van der Waals surface area contributed by atoms with Gasteiger partial charge >= 0.3 is 0 Å². The standard InChI is InChI=1S/C31H36N4O2/c1-4-21-18-24-25(19-27(21)35-11-8-22(9-12-35)34-13-15-37-16-14-34)31(2,3)30-28(29(24)36)23-6-5-20(7-10-32)17-26(23)33-30/h5-6,17-19,22,33H,4,7-9,11-16H2,1-3H3. The fourth-order valence-corrected chi connectivity index (χ4v) is 6.75. The molecule has 0 atom stereocenters. The maximum atomic E-state index is 14.0. The molecule has 0 amide bonds. The Morgan fingerprint density at radius 2 is 1.86 bits per heavy atom. The predicted molar refractivity (Wildman–Crippen MR) is 147 cm³/mol. The second kappa shape index (κ2) is 9.31. The van der Waals surface area contributed by atoms with Crippen LogP contribution in [0.5, 0.6) is 0 Å². The number of anilines is 1. The lowest BCUT2D eigenvalue weighted by Gasteiger charge is -2.42. The molecule has 6 rings (SSSR count). The number of H-pyrrole nitrogens is 1. The number of aromatic nitrogens is 1. The molecule has 0 spiro atoms. The number of fused-ring (bicyclic) bond motifs is 4. The van der Waals surface area contributed by atoms with Crippen molar-refractivity contribution in [1.29, 1.82) is 5.26 Å². The van der Waals surface area contributed by atoms with Crippen LogP contribution in [0.3, 0.4) is 0 Å². The van der Waals surface area contributed by atoms with Gasteiger partial charge in [0.25, 0.3) is 0 Å². The minimum absolute atomic E-state index is 0.107. The zero-order valence-corrected chi connectivity index (χ0v) is 22.2. The lowest BCUT2D eigenvalue weighted by Crippen LogP contribution is -2.49. The number of hydrogen-bond acceptors (Lipinski definition) is 5. The first-order valence-electron chi connectivity index (χ1n) is 13.7. The third-order valence-electron chi connectivity index (χ3n) is 8.88. The van der Waals surface area contributed by atoms with Crippen molar-refractivity contribution in [2.75, 3.05) is 44.3 Å². The molecule has 192 valence electrons. The number of nitriles is 1. The van der Waals surface area contributed by atoms with Crippen molar-refractivity contribution in [3.63, 3.8) is 0 Å². The first-order valence-corrected chi connectivity index (χ1v) is 13.7. The molecule has 1 aliphatic carbocycles. The molecule has 0 bridgehead atoms. The summed E-state index contributed by atoms with van der Waals surface area (Å²) in [5.41, 5.74) is 7.83. The van der Waals surface area contributed by atoms with Gasteiger partial charge in [0, 0.05) is 65.5 Å². The number of morpholine rings is 1. The zero-order chi connectivity index (χ0) is 25.7. The van der Waals surface area contributed by atoms with Crippen LogP contribution in [-0.4, -0.2) is 61.1 Å². The highest BCUT2D eigenvalue weighted by atomic mass is 16.5. The summed E-state index contributed by atoms with van der Waals surface area (Å²) in [6.45, 7) is 12.5. The van der Waals surface area contributed by atoms with E-state index in [9.17, 15) is 4.79 Å². The molecule has 6 heteroatoms. The van der Waals surface area contributed by atoms with Crippen molar-refractivity contribution in [2.24, 2.45) is 0 Å². The van der Waals surface area contributed by atoms with E-state index in [-0.39, 0.29) is 11.2 Å². The number of carbonyl (C=O) groups excluding carboxylic acids is 1. The molecule has 0 unspecified atom stereocenters. The number of piperidine rings is 1. The Bertz CT molecular complexity index is 1400. The summed E-state index contributed by atoms with van der Waals surface area (Å²) in [6.07, 6.45) is 3.60. The molecular formula is C31H36N4O2. The molecule has 2 aliphatic heterocycles. The second-order valence-electron chi connectivity index (χ2n) is 11.3. The lowest BCUT2D eigenvalue weighted by molar-refractivity contribution is 0.0115. The average molecular weight is 497 g/mol. The van der Waals surface area contributed by atoms with Gasteiger partial charge in [-0.1, -0.05) is 32.9 Å². The summed E-state index contributed by atoms with van der Waals surface area (Å²) in [6, 6.07) is 13.4. The molecule has 2 aromatic carbocycles. The fourth-order valence-electron chi connectivity index (χ4n) is 6.75. The molecule has 3 aliphatic rings. The molecular weight excluding hydrogens is 460 g/mol. The lowest BCUT2D eigenvalue weighted by atomic mass is 9.70. The number of nitrogens with one attached hydrogen (secondary N) is 1. The maximum absolute atomic E-state index is 14.0. The minimum atomic E-state index is -0.333. The number of benzene rings is 2. The number of rotatable bonds is 4. The highest BCUT2D eigenvalue weighted by molar-refractivity contribution is 6.20. The summed E-state index contributed by atoms with van der Waals surface area (Å²) in [7, 11) is 0. The topological polar surface area (TPSA) is 72.4 Å². The van der Waals surface area contributed by atoms with Gasteiger partial charge in [0.1, 0.15) is 0 Å². The number of aryl methyl sites for hydroxylation is 1. The van der Waals surface area contributed by atoms with Gasteiger partial charge in [-0.05, 0) is 54.2 Å². The van der Waals surface area contributed by atoms with Gasteiger partial charge in [0.2, 0.25) is 0 Å². The summed E-state index contributed by atoms with van der Waals surface area (Å²) in [5, 5.41) is 10.1. The van der Waals surface area contributed by atoms with Gasteiger partial charge in [0.15, 0.2) is 5.78 Å². The van der Waals surface area contributed by atoms with E-state index in [2.05, 4.69) is 53.8 Å². The Morgan fingerprint density at radius 3 is 2.57 bits per heavy atom. The van der Waals surface area contributed by atoms with Gasteiger partial charge in [-0.3, -0.25) is 9.69 Å². The predicted octanol–water partition coefficient (Wildman–Crippen LogP) is 4.97. The molecule has 2 fully saturated rings. The van der Waals surface area contributed by atoms with Crippen molar-refractivity contribution >= 4 is 22.4 Å². The first-order chi connectivity index (χ1) is 17.9. The van der Waals surface area contributed by atoms with Gasteiger partial charge < -0.3 is 14.6 Å². The van der Waals surface area contributed by atoms with E-state index in [1.165, 1.54) is 24.1 Å². The quantitative estimate of drug-likeness (QED) is 0.552. The summed E-state index contributed by atoms with van der Waals surface area (Å²) >= 11 is 0. The first kappa shape index (κ1) is 24.2. The van der Waals surface area contributed by atoms with Crippen LogP contribution in [0.25, 0.3) is 10.9 Å². The number of nitrogens with zero attached hydrogens (tertiary/aromatic N) is 3. The number of ketones is 1. The van der Waals surface area contributed by atoms with Crippen LogP contribution in [-0.2, 0) is 23.0 Å². The third kappa shape index (κ3) is 3.96. The van der Waals surface area contributed by atoms with E-state index in [0.29, 0.717) is 12.5 Å². The van der Waals surface area contributed by atoms with Crippen LogP contribution in [0.4, 0.5) is 5.69 Å². The number of aromatic amines is 1. The van der Waals surface area contributed by atoms with Crippen LogP contribution in [0.15, 0.2) is 30.3 Å². The van der Waals surface area contributed by atoms with Gasteiger partial charge in [-0.15, -0.1) is 0 Å². The second-order valence-corrected chi connectivity index (χ2v) is 11.3. The summed E-state index contributed by atoms with van der Waals surface area (Å²) < 4.78 is 5.56. The summed E-state index contributed by atoms with van der Waals surface area (Å²) in [5.74, 6) is 0.107. The number of carbonyl (C=O) groups is 1. The van der Waals surface area contributed by atoms with Crippen LogP contribution in [0.1, 0.15) is 71.9 Å². The Labute approximate surface area is 219 Å². The van der Waals surface area contributed by atoms with Crippen molar-refractivity contribution in [3.05, 3.63) is 63.8 Å². The smallest absolute Gasteiger partial charge is 0.195 e. The Morgan fingerprint density at radius 1 is 1.11 bits per heavy atom. The van der Waals surface area contributed by atoms with Crippen LogP contribution >= 0.6 is 0 Å². The van der Waals surface area contributed by atoms with Crippen molar-refractivity contribution in [2.45, 2.75) is 57.9 Å². The van der Waals surface area contributed by atoms with Gasteiger partial charge in [-0.2, -0.15) is 5.26 Å². The van der Waals surface area contributed by atoms with E-state index in [1.54, 1.807) is 0 Å². The van der Waals surface area contributed by atoms with Crippen LogP contribution in [0, 0.1) is 11.3 Å². The van der Waals surface area contributed by atoms with E-state index in [1.807, 2.05) is 18.2 Å². The van der Waals surface area contributed by atoms with Gasteiger partial charge in [-0.25, -0.2) is 0 Å². The molecule has 37 heavy (non-hydrogen) atoms. The Hall–Kier alpha value is -3.14. The molecule has 3 heterocycles. The largest absolute Gasteiger partial charge is 0.379 e. The fraction of sp³-hybridized carbons (Fsp3) is 0.484. The minimum Gasteiger partial charge on any atom is -0.379 e. The third-order valence-corrected chi connectivity index (χ3v) is 8.88. The van der Waals surface area contributed by atoms with Crippen LogP contribution < -0.4 is 4.90 Å². The molecule has 1 N–H and O–H groups in total. The van der Waals surface area contributed by atoms with E-state index in [0.717, 1.165) is 84.7 Å². The molecule has 2 saturated heterocycles. The van der Waals surface area contributed by atoms with E-state index >= 15 is 0 Å². The average Bonchev–Trinajstić information content (AvgIpc) is 3.32. The molecule has 0 saturated carbocycles. The molecule has 3 aromatic rings. The van der Waals surface area contributed by atoms with Crippen molar-refractivity contribution in [3.8, 4) is 6.07 Å². The molecule has 0 radical (unpaired) electrons. The normalized spacial score (nSPS) is 20.1. The monoisotopic (exact) mass is 496 g/mol. The van der Waals surface area contributed by atoms with E-state index < -0.39 is 0 Å². The molecule has 1 aromatic heterocycles. The van der Waals surface area contributed by atoms with Crippen molar-refractivity contribution in [1.82, 2.24) is 9.88 Å². The SMILES string of the molecule is CCc1cc2c(cc1N1CCC(N3CCOCC3)CC1)C(C)(C)c1[nH]c3cc(CC#N)ccc3c1C2=O. The number of hydrogen-bond donors (Lipinski definition) is 1.